The average Bonchev–Trinajstić information content (AvgIpc) is 2.46. The molecule has 0 aliphatic rings. The van der Waals surface area contributed by atoms with Crippen LogP contribution in [0.1, 0.15) is 23.6 Å². The SMILES string of the molecule is CCc1ccc(CNC(=O)Cc2cccc(F)c2)cc1. The summed E-state index contributed by atoms with van der Waals surface area (Å²) in [5.41, 5.74) is 3.03. The van der Waals surface area contributed by atoms with Crippen LogP contribution in [-0.4, -0.2) is 5.91 Å². The molecule has 2 nitrogen and oxygen atoms in total. The maximum absolute atomic E-state index is 13.0. The van der Waals surface area contributed by atoms with Crippen LogP contribution in [0, 0.1) is 5.82 Å². The molecule has 0 heterocycles. The molecule has 2 aromatic carbocycles. The molecule has 0 unspecified atom stereocenters. The van der Waals surface area contributed by atoms with E-state index in [4.69, 9.17) is 0 Å². The van der Waals surface area contributed by atoms with Gasteiger partial charge in [-0.2, -0.15) is 0 Å². The summed E-state index contributed by atoms with van der Waals surface area (Å²) >= 11 is 0. The maximum Gasteiger partial charge on any atom is 0.224 e. The van der Waals surface area contributed by atoms with E-state index in [9.17, 15) is 9.18 Å². The highest BCUT2D eigenvalue weighted by Crippen LogP contribution is 2.06. The van der Waals surface area contributed by atoms with Crippen LogP contribution in [-0.2, 0) is 24.2 Å². The fourth-order valence-corrected chi connectivity index (χ4v) is 1.99. The molecule has 2 rings (SSSR count). The standard InChI is InChI=1S/C17H18FNO/c1-2-13-6-8-14(9-7-13)12-19-17(20)11-15-4-3-5-16(18)10-15/h3-10H,2,11-12H2,1H3,(H,19,20). The molecule has 0 aliphatic carbocycles. The molecule has 0 saturated heterocycles. The van der Waals surface area contributed by atoms with Gasteiger partial charge in [0.25, 0.3) is 0 Å². The van der Waals surface area contributed by atoms with Gasteiger partial charge in [0, 0.05) is 6.54 Å². The van der Waals surface area contributed by atoms with Crippen LogP contribution in [0.25, 0.3) is 0 Å². The second-order valence-electron chi connectivity index (χ2n) is 4.75. The van der Waals surface area contributed by atoms with Crippen molar-refractivity contribution in [2.75, 3.05) is 0 Å². The molecule has 0 fully saturated rings. The third-order valence-corrected chi connectivity index (χ3v) is 3.17. The van der Waals surface area contributed by atoms with Crippen molar-refractivity contribution in [3.8, 4) is 0 Å². The summed E-state index contributed by atoms with van der Waals surface area (Å²) < 4.78 is 13.0. The first kappa shape index (κ1) is 14.3. The number of hydrogen-bond acceptors (Lipinski definition) is 1. The molecule has 0 aromatic heterocycles. The van der Waals surface area contributed by atoms with E-state index in [1.807, 2.05) is 12.1 Å². The monoisotopic (exact) mass is 271 g/mol. The second-order valence-corrected chi connectivity index (χ2v) is 4.75. The van der Waals surface area contributed by atoms with Gasteiger partial charge < -0.3 is 5.32 Å². The van der Waals surface area contributed by atoms with Gasteiger partial charge in [-0.15, -0.1) is 0 Å². The number of halogens is 1. The Bertz CT molecular complexity index is 578. The first-order chi connectivity index (χ1) is 9.67. The van der Waals surface area contributed by atoms with Gasteiger partial charge >= 0.3 is 0 Å². The van der Waals surface area contributed by atoms with Crippen LogP contribution < -0.4 is 5.32 Å². The predicted molar refractivity (Wildman–Crippen MR) is 77.8 cm³/mol. The number of carbonyl (C=O) groups is 1. The van der Waals surface area contributed by atoms with Crippen molar-refractivity contribution in [1.82, 2.24) is 5.32 Å². The Kier molecular flexibility index (Phi) is 4.88. The van der Waals surface area contributed by atoms with Gasteiger partial charge in [0.2, 0.25) is 5.91 Å². The molecule has 0 radical (unpaired) electrons. The Labute approximate surface area is 118 Å². The number of carbonyl (C=O) groups excluding carboxylic acids is 1. The highest BCUT2D eigenvalue weighted by Gasteiger charge is 2.04. The summed E-state index contributed by atoms with van der Waals surface area (Å²) in [6.45, 7) is 2.61. The van der Waals surface area contributed by atoms with Crippen LogP contribution in [0.4, 0.5) is 4.39 Å². The van der Waals surface area contributed by atoms with Gasteiger partial charge in [0.05, 0.1) is 6.42 Å². The summed E-state index contributed by atoms with van der Waals surface area (Å²) in [4.78, 5) is 11.8. The van der Waals surface area contributed by atoms with E-state index in [0.29, 0.717) is 12.1 Å². The molecule has 0 atom stereocenters. The molecule has 20 heavy (non-hydrogen) atoms. The van der Waals surface area contributed by atoms with Gasteiger partial charge in [-0.05, 0) is 35.2 Å². The van der Waals surface area contributed by atoms with E-state index < -0.39 is 0 Å². The van der Waals surface area contributed by atoms with Gasteiger partial charge in [0.1, 0.15) is 5.82 Å². The van der Waals surface area contributed by atoms with E-state index in [-0.39, 0.29) is 18.1 Å². The summed E-state index contributed by atoms with van der Waals surface area (Å²) in [7, 11) is 0. The number of nitrogens with one attached hydrogen (secondary N) is 1. The highest BCUT2D eigenvalue weighted by atomic mass is 19.1. The Morgan fingerprint density at radius 3 is 2.40 bits per heavy atom. The Morgan fingerprint density at radius 2 is 1.75 bits per heavy atom. The highest BCUT2D eigenvalue weighted by molar-refractivity contribution is 5.78. The summed E-state index contributed by atoms with van der Waals surface area (Å²) in [5, 5.41) is 2.84. The summed E-state index contributed by atoms with van der Waals surface area (Å²) in [6, 6.07) is 14.3. The van der Waals surface area contributed by atoms with Crippen molar-refractivity contribution in [3.63, 3.8) is 0 Å². The van der Waals surface area contributed by atoms with Gasteiger partial charge in [0.15, 0.2) is 0 Å². The minimum Gasteiger partial charge on any atom is -0.352 e. The lowest BCUT2D eigenvalue weighted by Crippen LogP contribution is -2.24. The fourth-order valence-electron chi connectivity index (χ4n) is 1.99. The number of benzene rings is 2. The van der Waals surface area contributed by atoms with Crippen molar-refractivity contribution in [3.05, 3.63) is 71.0 Å². The van der Waals surface area contributed by atoms with E-state index in [2.05, 4.69) is 24.4 Å². The van der Waals surface area contributed by atoms with E-state index in [1.165, 1.54) is 17.7 Å². The first-order valence-electron chi connectivity index (χ1n) is 6.76. The third-order valence-electron chi connectivity index (χ3n) is 3.17. The van der Waals surface area contributed by atoms with Crippen LogP contribution in [0.2, 0.25) is 0 Å². The third kappa shape index (κ3) is 4.19. The predicted octanol–water partition coefficient (Wildman–Crippen LogP) is 3.25. The van der Waals surface area contributed by atoms with Crippen molar-refractivity contribution in [2.45, 2.75) is 26.3 Å². The number of rotatable bonds is 5. The zero-order valence-corrected chi connectivity index (χ0v) is 11.5. The minimum absolute atomic E-state index is 0.102. The van der Waals surface area contributed by atoms with E-state index in [0.717, 1.165) is 12.0 Å². The molecule has 2 aromatic rings. The van der Waals surface area contributed by atoms with Crippen LogP contribution in [0.5, 0.6) is 0 Å². The number of aryl methyl sites for hydroxylation is 1. The Balaban J connectivity index is 1.85. The van der Waals surface area contributed by atoms with Crippen molar-refractivity contribution in [2.24, 2.45) is 0 Å². The van der Waals surface area contributed by atoms with Gasteiger partial charge in [-0.3, -0.25) is 4.79 Å². The summed E-state index contributed by atoms with van der Waals surface area (Å²) in [5.74, 6) is -0.416. The second kappa shape index (κ2) is 6.85. The lowest BCUT2D eigenvalue weighted by Gasteiger charge is -2.06. The lowest BCUT2D eigenvalue weighted by atomic mass is 10.1. The molecule has 0 aliphatic heterocycles. The Hall–Kier alpha value is -2.16. The molecule has 1 N–H and O–H groups in total. The fraction of sp³-hybridized carbons (Fsp3) is 0.235. The van der Waals surface area contributed by atoms with Crippen molar-refractivity contribution in [1.29, 1.82) is 0 Å². The van der Waals surface area contributed by atoms with Gasteiger partial charge in [-0.1, -0.05) is 43.3 Å². The van der Waals surface area contributed by atoms with Crippen molar-refractivity contribution >= 4 is 5.91 Å². The largest absolute Gasteiger partial charge is 0.352 e. The van der Waals surface area contributed by atoms with Crippen LogP contribution >= 0.6 is 0 Å². The van der Waals surface area contributed by atoms with Crippen molar-refractivity contribution < 1.29 is 9.18 Å². The zero-order valence-electron chi connectivity index (χ0n) is 11.5. The van der Waals surface area contributed by atoms with E-state index >= 15 is 0 Å². The molecular formula is C17H18FNO. The molecule has 104 valence electrons. The summed E-state index contributed by atoms with van der Waals surface area (Å²) in [6.07, 6.45) is 1.21. The smallest absolute Gasteiger partial charge is 0.224 e. The van der Waals surface area contributed by atoms with E-state index in [1.54, 1.807) is 12.1 Å². The molecule has 0 bridgehead atoms. The Morgan fingerprint density at radius 1 is 1.05 bits per heavy atom. The minimum atomic E-state index is -0.314. The van der Waals surface area contributed by atoms with Crippen LogP contribution in [0.15, 0.2) is 48.5 Å². The molecular weight excluding hydrogens is 253 g/mol. The quantitative estimate of drug-likeness (QED) is 0.888. The molecule has 1 amide bonds. The molecule has 3 heteroatoms. The molecule has 0 spiro atoms. The first-order valence-corrected chi connectivity index (χ1v) is 6.76. The zero-order chi connectivity index (χ0) is 14.4. The topological polar surface area (TPSA) is 29.1 Å². The number of hydrogen-bond donors (Lipinski definition) is 1. The van der Waals surface area contributed by atoms with Gasteiger partial charge in [-0.25, -0.2) is 4.39 Å². The molecule has 0 saturated carbocycles. The lowest BCUT2D eigenvalue weighted by molar-refractivity contribution is -0.120. The average molecular weight is 271 g/mol. The number of amides is 1. The normalized spacial score (nSPS) is 10.3. The van der Waals surface area contributed by atoms with Crippen LogP contribution in [0.3, 0.4) is 0 Å². The maximum atomic E-state index is 13.0.